The molecule has 3 aromatic rings. The third-order valence-electron chi connectivity index (χ3n) is 4.76. The van der Waals surface area contributed by atoms with Gasteiger partial charge in [0, 0.05) is 17.2 Å². The molecule has 0 heterocycles. The van der Waals surface area contributed by atoms with Gasteiger partial charge < -0.3 is 9.84 Å². The molecule has 8 heteroatoms. The molecule has 3 aromatic carbocycles. The lowest BCUT2D eigenvalue weighted by Crippen LogP contribution is -2.26. The van der Waals surface area contributed by atoms with Crippen LogP contribution < -0.4 is 9.46 Å². The highest BCUT2D eigenvalue weighted by atomic mass is 32.2. The Labute approximate surface area is 192 Å². The van der Waals surface area contributed by atoms with Crippen LogP contribution in [-0.2, 0) is 16.6 Å². The van der Waals surface area contributed by atoms with E-state index in [1.165, 1.54) is 35.5 Å². The number of carbonyl (C=O) groups is 1. The summed E-state index contributed by atoms with van der Waals surface area (Å²) in [5, 5.41) is 9.19. The molecule has 3 rings (SSSR count). The minimum absolute atomic E-state index is 0.0214. The number of hydrogen-bond acceptors (Lipinski definition) is 5. The molecule has 0 unspecified atom stereocenters. The van der Waals surface area contributed by atoms with Crippen molar-refractivity contribution in [1.82, 2.24) is 4.72 Å². The van der Waals surface area contributed by atoms with Crippen LogP contribution in [0.4, 0.5) is 0 Å². The number of benzene rings is 3. The molecule has 0 aliphatic heterocycles. The number of aromatic carboxylic acids is 1. The minimum atomic E-state index is -3.78. The van der Waals surface area contributed by atoms with Crippen molar-refractivity contribution >= 4 is 27.8 Å². The monoisotopic (exact) mass is 471 g/mol. The van der Waals surface area contributed by atoms with Crippen LogP contribution in [0.15, 0.2) is 76.5 Å². The van der Waals surface area contributed by atoms with E-state index in [0.29, 0.717) is 17.9 Å². The molecule has 0 spiro atoms. The number of nitrogens with one attached hydrogen (secondary N) is 1. The van der Waals surface area contributed by atoms with Crippen molar-refractivity contribution < 1.29 is 23.1 Å². The van der Waals surface area contributed by atoms with Crippen molar-refractivity contribution in [2.45, 2.75) is 30.2 Å². The highest BCUT2D eigenvalue weighted by molar-refractivity contribution is 7.99. The Kier molecular flexibility index (Phi) is 7.95. The summed E-state index contributed by atoms with van der Waals surface area (Å²) in [5.74, 6) is 0.145. The van der Waals surface area contributed by atoms with Gasteiger partial charge in [0.1, 0.15) is 12.4 Å². The maximum atomic E-state index is 12.5. The molecule has 0 radical (unpaired) electrons. The number of sulfonamides is 1. The van der Waals surface area contributed by atoms with E-state index in [4.69, 9.17) is 4.74 Å². The van der Waals surface area contributed by atoms with Crippen LogP contribution in [0.2, 0.25) is 0 Å². The quantitative estimate of drug-likeness (QED) is 0.330. The van der Waals surface area contributed by atoms with Gasteiger partial charge >= 0.3 is 5.97 Å². The van der Waals surface area contributed by atoms with Gasteiger partial charge in [-0.2, -0.15) is 0 Å². The van der Waals surface area contributed by atoms with Crippen LogP contribution in [0.5, 0.6) is 5.75 Å². The summed E-state index contributed by atoms with van der Waals surface area (Å²) in [5.41, 5.74) is 2.80. The normalized spacial score (nSPS) is 11.3. The number of thioether (sulfide) groups is 1. The third kappa shape index (κ3) is 6.59. The van der Waals surface area contributed by atoms with Gasteiger partial charge in [0.15, 0.2) is 0 Å². The first-order chi connectivity index (χ1) is 15.2. The summed E-state index contributed by atoms with van der Waals surface area (Å²) in [6, 6.07) is 19.9. The van der Waals surface area contributed by atoms with E-state index in [1.807, 2.05) is 43.3 Å². The summed E-state index contributed by atoms with van der Waals surface area (Å²) < 4.78 is 33.2. The fraction of sp³-hybridized carbons (Fsp3) is 0.208. The Hall–Kier alpha value is -2.81. The molecule has 0 amide bonds. The SMILES string of the molecule is Cc1ccc(COc2ccc(SCCNS(=O)(=O)c3ccc(C)c(C(=O)O)c3)cc2)cc1. The smallest absolute Gasteiger partial charge is 0.335 e. The first-order valence-electron chi connectivity index (χ1n) is 9.99. The van der Waals surface area contributed by atoms with E-state index in [2.05, 4.69) is 16.9 Å². The second-order valence-corrected chi connectivity index (χ2v) is 10.2. The standard InChI is InChI=1S/C24H25NO5S2/c1-17-3-6-19(7-4-17)16-30-20-8-10-21(11-9-20)31-14-13-25-32(28,29)22-12-5-18(2)23(15-22)24(26)27/h3-12,15,25H,13-14,16H2,1-2H3,(H,26,27). The molecule has 2 N–H and O–H groups in total. The Morgan fingerprint density at radius 3 is 2.34 bits per heavy atom. The molecule has 0 saturated carbocycles. The van der Waals surface area contributed by atoms with Gasteiger partial charge in [0.25, 0.3) is 0 Å². The van der Waals surface area contributed by atoms with Crippen molar-refractivity contribution in [3.8, 4) is 5.75 Å². The van der Waals surface area contributed by atoms with E-state index in [-0.39, 0.29) is 17.0 Å². The molecule has 6 nitrogen and oxygen atoms in total. The van der Waals surface area contributed by atoms with E-state index in [9.17, 15) is 18.3 Å². The molecule has 0 fully saturated rings. The van der Waals surface area contributed by atoms with Crippen LogP contribution in [0, 0.1) is 13.8 Å². The zero-order chi connectivity index (χ0) is 23.1. The topological polar surface area (TPSA) is 92.7 Å². The number of ether oxygens (including phenoxy) is 1. The molecule has 32 heavy (non-hydrogen) atoms. The highest BCUT2D eigenvalue weighted by Gasteiger charge is 2.17. The lowest BCUT2D eigenvalue weighted by Gasteiger charge is -2.09. The average molecular weight is 472 g/mol. The van der Waals surface area contributed by atoms with Gasteiger partial charge in [-0.15, -0.1) is 11.8 Å². The molecule has 0 saturated heterocycles. The number of aryl methyl sites for hydroxylation is 2. The molecular weight excluding hydrogens is 446 g/mol. The number of carboxylic acids is 1. The van der Waals surface area contributed by atoms with E-state index in [1.54, 1.807) is 6.92 Å². The third-order valence-corrected chi connectivity index (χ3v) is 7.23. The summed E-state index contributed by atoms with van der Waals surface area (Å²) in [6.45, 7) is 4.39. The predicted molar refractivity (Wildman–Crippen MR) is 126 cm³/mol. The fourth-order valence-corrected chi connectivity index (χ4v) is 4.87. The summed E-state index contributed by atoms with van der Waals surface area (Å²) in [6.07, 6.45) is 0. The molecular formula is C24H25NO5S2. The summed E-state index contributed by atoms with van der Waals surface area (Å²) in [4.78, 5) is 12.2. The lowest BCUT2D eigenvalue weighted by molar-refractivity contribution is 0.0696. The molecule has 168 valence electrons. The van der Waals surface area contributed by atoms with Crippen molar-refractivity contribution in [1.29, 1.82) is 0 Å². The minimum Gasteiger partial charge on any atom is -0.489 e. The zero-order valence-electron chi connectivity index (χ0n) is 17.9. The summed E-state index contributed by atoms with van der Waals surface area (Å²) in [7, 11) is -3.78. The van der Waals surface area contributed by atoms with Crippen molar-refractivity contribution in [2.24, 2.45) is 0 Å². The number of rotatable bonds is 10. The Bertz CT molecular complexity index is 1170. The van der Waals surface area contributed by atoms with Gasteiger partial charge in [0.05, 0.1) is 10.5 Å². The second-order valence-electron chi connectivity index (χ2n) is 7.27. The molecule has 0 aliphatic carbocycles. The van der Waals surface area contributed by atoms with Crippen LogP contribution in [0.3, 0.4) is 0 Å². The maximum Gasteiger partial charge on any atom is 0.335 e. The average Bonchev–Trinajstić information content (AvgIpc) is 2.77. The zero-order valence-corrected chi connectivity index (χ0v) is 19.5. The van der Waals surface area contributed by atoms with Crippen molar-refractivity contribution in [3.63, 3.8) is 0 Å². The Balaban J connectivity index is 1.47. The Morgan fingerprint density at radius 1 is 1.00 bits per heavy atom. The second kappa shape index (κ2) is 10.7. The Morgan fingerprint density at radius 2 is 1.69 bits per heavy atom. The van der Waals surface area contributed by atoms with Gasteiger partial charge in [-0.05, 0) is 61.4 Å². The van der Waals surface area contributed by atoms with Crippen LogP contribution in [0.25, 0.3) is 0 Å². The van der Waals surface area contributed by atoms with Crippen LogP contribution >= 0.6 is 11.8 Å². The van der Waals surface area contributed by atoms with Gasteiger partial charge in [0.2, 0.25) is 10.0 Å². The van der Waals surface area contributed by atoms with E-state index >= 15 is 0 Å². The molecule has 0 bridgehead atoms. The predicted octanol–water partition coefficient (Wildman–Crippen LogP) is 4.65. The number of hydrogen-bond donors (Lipinski definition) is 2. The van der Waals surface area contributed by atoms with Crippen LogP contribution in [-0.4, -0.2) is 31.8 Å². The van der Waals surface area contributed by atoms with E-state index in [0.717, 1.165) is 16.2 Å². The van der Waals surface area contributed by atoms with E-state index < -0.39 is 16.0 Å². The first-order valence-corrected chi connectivity index (χ1v) is 12.5. The first kappa shape index (κ1) is 23.8. The number of carboxylic acid groups (broad SMARTS) is 1. The fourth-order valence-electron chi connectivity index (χ4n) is 2.91. The largest absolute Gasteiger partial charge is 0.489 e. The van der Waals surface area contributed by atoms with Gasteiger partial charge in [-0.3, -0.25) is 0 Å². The maximum absolute atomic E-state index is 12.5. The van der Waals surface area contributed by atoms with Crippen molar-refractivity contribution in [2.75, 3.05) is 12.3 Å². The summed E-state index contributed by atoms with van der Waals surface area (Å²) >= 11 is 1.51. The lowest BCUT2D eigenvalue weighted by atomic mass is 10.1. The van der Waals surface area contributed by atoms with Crippen molar-refractivity contribution in [3.05, 3.63) is 89.0 Å². The van der Waals surface area contributed by atoms with Crippen LogP contribution in [0.1, 0.15) is 27.0 Å². The molecule has 0 aromatic heterocycles. The highest BCUT2D eigenvalue weighted by Crippen LogP contribution is 2.22. The molecule has 0 aliphatic rings. The van der Waals surface area contributed by atoms with Gasteiger partial charge in [-0.25, -0.2) is 17.9 Å². The molecule has 0 atom stereocenters. The van der Waals surface area contributed by atoms with Gasteiger partial charge in [-0.1, -0.05) is 35.9 Å².